The highest BCUT2D eigenvalue weighted by molar-refractivity contribution is 5.91. The van der Waals surface area contributed by atoms with Gasteiger partial charge < -0.3 is 14.0 Å². The van der Waals surface area contributed by atoms with Crippen molar-refractivity contribution in [3.63, 3.8) is 0 Å². The van der Waals surface area contributed by atoms with E-state index in [-0.39, 0.29) is 12.0 Å². The van der Waals surface area contributed by atoms with Crippen LogP contribution < -0.4 is 15.0 Å². The van der Waals surface area contributed by atoms with Gasteiger partial charge in [0.05, 0.1) is 25.3 Å². The molecule has 23 heavy (non-hydrogen) atoms. The van der Waals surface area contributed by atoms with Crippen LogP contribution >= 0.6 is 0 Å². The number of fused-ring (bicyclic) bond motifs is 1. The Morgan fingerprint density at radius 1 is 1.35 bits per heavy atom. The lowest BCUT2D eigenvalue weighted by Crippen LogP contribution is -2.27. The normalized spacial score (nSPS) is 12.2. The molecule has 0 saturated carbocycles. The molecule has 6 nitrogen and oxygen atoms in total. The van der Waals surface area contributed by atoms with Crippen LogP contribution in [0.3, 0.4) is 0 Å². The Morgan fingerprint density at radius 2 is 2.04 bits per heavy atom. The third-order valence-corrected chi connectivity index (χ3v) is 3.91. The molecular weight excluding hydrogens is 298 g/mol. The molecule has 1 heterocycles. The highest BCUT2D eigenvalue weighted by Gasteiger charge is 2.22. The van der Waals surface area contributed by atoms with Crippen molar-refractivity contribution in [3.05, 3.63) is 46.3 Å². The van der Waals surface area contributed by atoms with E-state index in [1.54, 1.807) is 27.1 Å². The average Bonchev–Trinajstić information content (AvgIpc) is 2.55. The molecule has 124 valence electrons. The molecule has 0 spiro atoms. The molecule has 0 aliphatic heterocycles. The minimum Gasteiger partial charge on any atom is -0.496 e. The fourth-order valence-corrected chi connectivity index (χ4v) is 2.68. The summed E-state index contributed by atoms with van der Waals surface area (Å²) in [5.41, 5.74) is 1.44. The summed E-state index contributed by atoms with van der Waals surface area (Å²) in [5.74, 6) is 1.03. The molecule has 0 aliphatic rings. The van der Waals surface area contributed by atoms with Crippen LogP contribution in [0, 0.1) is 0 Å². The number of methoxy groups -OCH3 is 2. The number of ether oxygens (including phenoxy) is 2. The van der Waals surface area contributed by atoms with Crippen LogP contribution in [-0.2, 0) is 18.4 Å². The SMILES string of the molecule is C=C(C)[C@H](Cc1c(OC)c2cccc(OC)c2n(C)c1=O)OO. The van der Waals surface area contributed by atoms with Gasteiger partial charge in [0.2, 0.25) is 0 Å². The molecule has 2 rings (SSSR count). The van der Waals surface area contributed by atoms with E-state index < -0.39 is 6.10 Å². The largest absolute Gasteiger partial charge is 0.496 e. The van der Waals surface area contributed by atoms with Crippen LogP contribution in [0.5, 0.6) is 11.5 Å². The Kier molecular flexibility index (Phi) is 5.08. The zero-order valence-corrected chi connectivity index (χ0v) is 13.8. The molecule has 0 saturated heterocycles. The van der Waals surface area contributed by atoms with Crippen molar-refractivity contribution in [2.45, 2.75) is 19.4 Å². The molecule has 0 bridgehead atoms. The average molecular weight is 319 g/mol. The third-order valence-electron chi connectivity index (χ3n) is 3.91. The molecule has 0 radical (unpaired) electrons. The minimum absolute atomic E-state index is 0.162. The number of hydrogen-bond acceptors (Lipinski definition) is 5. The third kappa shape index (κ3) is 2.95. The molecular formula is C17H21NO5. The number of pyridine rings is 1. The van der Waals surface area contributed by atoms with E-state index in [0.29, 0.717) is 28.2 Å². The maximum absolute atomic E-state index is 12.8. The van der Waals surface area contributed by atoms with Gasteiger partial charge in [-0.25, -0.2) is 4.89 Å². The smallest absolute Gasteiger partial charge is 0.257 e. The Bertz CT molecular complexity index is 794. The molecule has 1 atom stereocenters. The number of benzene rings is 1. The van der Waals surface area contributed by atoms with Crippen LogP contribution in [-0.4, -0.2) is 30.1 Å². The first kappa shape index (κ1) is 17.1. The quantitative estimate of drug-likeness (QED) is 0.503. The van der Waals surface area contributed by atoms with E-state index in [4.69, 9.17) is 14.7 Å². The number of para-hydroxylation sites is 1. The van der Waals surface area contributed by atoms with Gasteiger partial charge in [-0.05, 0) is 24.6 Å². The summed E-state index contributed by atoms with van der Waals surface area (Å²) in [6.45, 7) is 5.49. The van der Waals surface area contributed by atoms with Crippen molar-refractivity contribution in [1.29, 1.82) is 0 Å². The van der Waals surface area contributed by atoms with Crippen LogP contribution in [0.4, 0.5) is 0 Å². The summed E-state index contributed by atoms with van der Waals surface area (Å²) in [7, 11) is 4.73. The van der Waals surface area contributed by atoms with Crippen LogP contribution in [0.1, 0.15) is 12.5 Å². The van der Waals surface area contributed by atoms with Gasteiger partial charge in [0.1, 0.15) is 17.6 Å². The number of nitrogens with zero attached hydrogens (tertiary/aromatic N) is 1. The standard InChI is InChI=1S/C17H21NO5/c1-10(2)14(23-20)9-12-16(22-5)11-7-6-8-13(21-4)15(11)18(3)17(12)19/h6-8,14,20H,1,9H2,2-5H3/t14-/m0/s1. The van der Waals surface area contributed by atoms with Gasteiger partial charge >= 0.3 is 0 Å². The predicted molar refractivity (Wildman–Crippen MR) is 88.3 cm³/mol. The molecule has 2 aromatic rings. The first-order chi connectivity index (χ1) is 11.0. The van der Waals surface area contributed by atoms with Crippen molar-refractivity contribution in [3.8, 4) is 11.5 Å². The van der Waals surface area contributed by atoms with Gasteiger partial charge in [-0.3, -0.25) is 10.1 Å². The number of aromatic nitrogens is 1. The zero-order valence-electron chi connectivity index (χ0n) is 13.8. The summed E-state index contributed by atoms with van der Waals surface area (Å²) >= 11 is 0. The van der Waals surface area contributed by atoms with Gasteiger partial charge in [-0.15, -0.1) is 0 Å². The van der Waals surface area contributed by atoms with Crippen LogP contribution in [0.2, 0.25) is 0 Å². The van der Waals surface area contributed by atoms with Gasteiger partial charge in [-0.2, -0.15) is 0 Å². The van der Waals surface area contributed by atoms with Gasteiger partial charge in [0.15, 0.2) is 0 Å². The van der Waals surface area contributed by atoms with E-state index in [2.05, 4.69) is 11.5 Å². The van der Waals surface area contributed by atoms with Gasteiger partial charge in [0, 0.05) is 18.9 Å². The Morgan fingerprint density at radius 3 is 2.57 bits per heavy atom. The molecule has 1 aromatic heterocycles. The van der Waals surface area contributed by atoms with E-state index in [1.807, 2.05) is 12.1 Å². The second-order valence-corrected chi connectivity index (χ2v) is 5.38. The first-order valence-electron chi connectivity index (χ1n) is 7.14. The topological polar surface area (TPSA) is 69.9 Å². The highest BCUT2D eigenvalue weighted by Crippen LogP contribution is 2.33. The fraction of sp³-hybridized carbons (Fsp3) is 0.353. The van der Waals surface area contributed by atoms with E-state index in [9.17, 15) is 4.79 Å². The van der Waals surface area contributed by atoms with E-state index in [1.165, 1.54) is 11.7 Å². The van der Waals surface area contributed by atoms with Crippen molar-refractivity contribution in [2.75, 3.05) is 14.2 Å². The van der Waals surface area contributed by atoms with Crippen molar-refractivity contribution >= 4 is 10.9 Å². The minimum atomic E-state index is -0.681. The van der Waals surface area contributed by atoms with Crippen LogP contribution in [0.25, 0.3) is 10.9 Å². The second kappa shape index (κ2) is 6.85. The van der Waals surface area contributed by atoms with E-state index in [0.717, 1.165) is 5.39 Å². The highest BCUT2D eigenvalue weighted by atomic mass is 17.1. The monoisotopic (exact) mass is 319 g/mol. The summed E-state index contributed by atoms with van der Waals surface area (Å²) < 4.78 is 12.3. The number of hydrogen-bond donors (Lipinski definition) is 1. The zero-order chi connectivity index (χ0) is 17.1. The maximum Gasteiger partial charge on any atom is 0.257 e. The Labute approximate surface area is 134 Å². The lowest BCUT2D eigenvalue weighted by Gasteiger charge is -2.19. The van der Waals surface area contributed by atoms with Gasteiger partial charge in [-0.1, -0.05) is 12.6 Å². The molecule has 1 N–H and O–H groups in total. The molecule has 1 aromatic carbocycles. The second-order valence-electron chi connectivity index (χ2n) is 5.38. The van der Waals surface area contributed by atoms with Crippen LogP contribution in [0.15, 0.2) is 35.1 Å². The number of rotatable bonds is 6. The predicted octanol–water partition coefficient (Wildman–Crippen LogP) is 2.53. The molecule has 0 aliphatic carbocycles. The lowest BCUT2D eigenvalue weighted by molar-refractivity contribution is -0.268. The first-order valence-corrected chi connectivity index (χ1v) is 7.14. The maximum atomic E-state index is 12.8. The van der Waals surface area contributed by atoms with Crippen molar-refractivity contribution in [1.82, 2.24) is 4.57 Å². The van der Waals surface area contributed by atoms with Crippen molar-refractivity contribution < 1.29 is 19.6 Å². The molecule has 6 heteroatoms. The molecule has 0 fully saturated rings. The number of aryl methyl sites for hydroxylation is 1. The summed E-state index contributed by atoms with van der Waals surface area (Å²) in [6, 6.07) is 5.47. The Balaban J connectivity index is 2.78. The molecule has 0 unspecified atom stereocenters. The summed E-state index contributed by atoms with van der Waals surface area (Å²) in [5, 5.41) is 9.80. The summed E-state index contributed by atoms with van der Waals surface area (Å²) in [6.07, 6.45) is -0.519. The summed E-state index contributed by atoms with van der Waals surface area (Å²) in [4.78, 5) is 17.2. The van der Waals surface area contributed by atoms with E-state index >= 15 is 0 Å². The van der Waals surface area contributed by atoms with Crippen molar-refractivity contribution in [2.24, 2.45) is 7.05 Å². The fourth-order valence-electron chi connectivity index (χ4n) is 2.68. The van der Waals surface area contributed by atoms with Gasteiger partial charge in [0.25, 0.3) is 5.56 Å². The lowest BCUT2D eigenvalue weighted by atomic mass is 10.0. The molecule has 0 amide bonds. The Hall–Kier alpha value is -2.31.